The van der Waals surface area contributed by atoms with E-state index in [4.69, 9.17) is 4.74 Å². The van der Waals surface area contributed by atoms with Crippen molar-refractivity contribution in [1.82, 2.24) is 0 Å². The number of hydrogen-bond acceptors (Lipinski definition) is 1. The van der Waals surface area contributed by atoms with Crippen LogP contribution in [-0.2, 0) is 24.2 Å². The molecule has 6 rings (SSSR count). The third-order valence-corrected chi connectivity index (χ3v) is 7.24. The van der Waals surface area contributed by atoms with E-state index in [0.717, 1.165) is 12.2 Å². The fraction of sp³-hybridized carbons (Fsp3) is 0.0857. The van der Waals surface area contributed by atoms with Crippen molar-refractivity contribution in [3.05, 3.63) is 159 Å². The molecule has 0 unspecified atom stereocenters. The SMILES string of the molecule is CC1=CC[C-]=C1.COc1cccc2[cH-]c3ccccc3c12.[CH3-].[CH3-].[Zr]=[C](c1ccccc1)c1ccccc1. The Bertz CT molecular complexity index is 1410. The molecule has 0 atom stereocenters. The van der Waals surface area contributed by atoms with Crippen molar-refractivity contribution in [1.29, 1.82) is 0 Å². The van der Waals surface area contributed by atoms with Crippen LogP contribution in [0.1, 0.15) is 24.5 Å². The van der Waals surface area contributed by atoms with E-state index in [2.05, 4.69) is 116 Å². The minimum atomic E-state index is 0. The Balaban J connectivity index is 0.000000205. The Morgan fingerprint density at radius 1 is 0.757 bits per heavy atom. The molecule has 0 aromatic heterocycles. The molecular formula is C35H34OZr-4. The second kappa shape index (κ2) is 15.1. The summed E-state index contributed by atoms with van der Waals surface area (Å²) >= 11 is 1.46. The summed E-state index contributed by atoms with van der Waals surface area (Å²) in [5.41, 5.74) is 4.00. The third kappa shape index (κ3) is 7.88. The van der Waals surface area contributed by atoms with Gasteiger partial charge in [-0.15, -0.1) is 47.7 Å². The van der Waals surface area contributed by atoms with Gasteiger partial charge in [0, 0.05) is 0 Å². The quantitative estimate of drug-likeness (QED) is 0.200. The van der Waals surface area contributed by atoms with Gasteiger partial charge in [-0.25, -0.2) is 11.6 Å². The first-order valence-electron chi connectivity index (χ1n) is 11.7. The second-order valence-corrected chi connectivity index (χ2v) is 9.49. The minimum absolute atomic E-state index is 0. The summed E-state index contributed by atoms with van der Waals surface area (Å²) in [6, 6.07) is 37.9. The van der Waals surface area contributed by atoms with Crippen LogP contribution in [0.3, 0.4) is 0 Å². The molecule has 0 fully saturated rings. The summed E-state index contributed by atoms with van der Waals surface area (Å²) in [5.74, 6) is 0.952. The molecule has 0 aliphatic heterocycles. The van der Waals surface area contributed by atoms with Crippen molar-refractivity contribution in [3.63, 3.8) is 0 Å². The molecule has 188 valence electrons. The summed E-state index contributed by atoms with van der Waals surface area (Å²) < 4.78 is 6.81. The van der Waals surface area contributed by atoms with E-state index in [1.54, 1.807) is 7.11 Å². The molecule has 5 aromatic carbocycles. The molecule has 5 aromatic rings. The molecule has 0 saturated heterocycles. The normalized spacial score (nSPS) is 11.1. The molecule has 0 radical (unpaired) electrons. The number of methoxy groups -OCH3 is 1. The summed E-state index contributed by atoms with van der Waals surface area (Å²) in [6.07, 6.45) is 8.24. The van der Waals surface area contributed by atoms with E-state index >= 15 is 0 Å². The fourth-order valence-corrected chi connectivity index (χ4v) is 4.84. The zero-order valence-electron chi connectivity index (χ0n) is 22.2. The van der Waals surface area contributed by atoms with E-state index in [0.29, 0.717) is 0 Å². The van der Waals surface area contributed by atoms with Crippen molar-refractivity contribution in [2.75, 3.05) is 7.11 Å². The van der Waals surface area contributed by atoms with Crippen LogP contribution in [0.25, 0.3) is 21.5 Å². The molecule has 1 nitrogen and oxygen atoms in total. The van der Waals surface area contributed by atoms with Gasteiger partial charge in [-0.2, -0.15) is 6.08 Å². The molecule has 0 amide bonds. The van der Waals surface area contributed by atoms with Gasteiger partial charge in [0.05, 0.1) is 12.9 Å². The van der Waals surface area contributed by atoms with Crippen molar-refractivity contribution in [2.45, 2.75) is 13.3 Å². The Morgan fingerprint density at radius 2 is 1.32 bits per heavy atom. The van der Waals surface area contributed by atoms with E-state index in [1.165, 1.54) is 65.7 Å². The van der Waals surface area contributed by atoms with Crippen molar-refractivity contribution in [3.8, 4) is 5.75 Å². The van der Waals surface area contributed by atoms with Gasteiger partial charge in [-0.3, -0.25) is 6.08 Å². The van der Waals surface area contributed by atoms with Gasteiger partial charge in [0.15, 0.2) is 0 Å². The Labute approximate surface area is 237 Å². The molecule has 0 N–H and O–H groups in total. The van der Waals surface area contributed by atoms with Crippen LogP contribution in [0.2, 0.25) is 0 Å². The second-order valence-electron chi connectivity index (χ2n) is 8.26. The van der Waals surface area contributed by atoms with E-state index in [-0.39, 0.29) is 14.9 Å². The maximum absolute atomic E-state index is 5.39. The average molecular weight is 562 g/mol. The first-order chi connectivity index (χ1) is 17.2. The summed E-state index contributed by atoms with van der Waals surface area (Å²) in [5, 5.41) is 5.01. The monoisotopic (exact) mass is 560 g/mol. The molecule has 0 heterocycles. The standard InChI is InChI=1S/C14H11O.C13H10.C6H7.2CH3.Zr/c1-15-13-8-4-6-11-9-10-5-2-3-7-12(10)14(11)13;1-3-7-12(8-4-1)11-13-9-5-2-6-10-13;1-6-4-2-3-5-6;;;/h2-9H,1H3;1-10H;4-5H,2H2,1H3;2*1H3;/q-1;;3*-1;. The number of allylic oxidation sites excluding steroid dienone is 4. The van der Waals surface area contributed by atoms with Crippen LogP contribution in [0.5, 0.6) is 5.75 Å². The zero-order chi connectivity index (χ0) is 24.5. The van der Waals surface area contributed by atoms with Gasteiger partial charge in [-0.1, -0.05) is 29.7 Å². The number of ether oxygens (including phenoxy) is 1. The summed E-state index contributed by atoms with van der Waals surface area (Å²) in [6.45, 7) is 2.08. The Kier molecular flexibility index (Phi) is 12.3. The summed E-state index contributed by atoms with van der Waals surface area (Å²) in [4.78, 5) is 0. The molecular weight excluding hydrogens is 528 g/mol. The van der Waals surface area contributed by atoms with Gasteiger partial charge >= 0.3 is 99.2 Å². The Hall–Kier alpha value is -3.22. The van der Waals surface area contributed by atoms with Crippen LogP contribution < -0.4 is 4.74 Å². The number of benzene rings is 4. The predicted octanol–water partition coefficient (Wildman–Crippen LogP) is 9.12. The predicted molar refractivity (Wildman–Crippen MR) is 159 cm³/mol. The topological polar surface area (TPSA) is 9.23 Å². The van der Waals surface area contributed by atoms with Gasteiger partial charge in [0.25, 0.3) is 0 Å². The summed E-state index contributed by atoms with van der Waals surface area (Å²) in [7, 11) is 1.72. The molecule has 0 spiro atoms. The van der Waals surface area contributed by atoms with E-state index in [1.807, 2.05) is 18.2 Å². The number of rotatable bonds is 3. The van der Waals surface area contributed by atoms with E-state index in [9.17, 15) is 0 Å². The average Bonchev–Trinajstić information content (AvgIpc) is 3.56. The molecule has 2 heteroatoms. The van der Waals surface area contributed by atoms with Gasteiger partial charge in [0.1, 0.15) is 0 Å². The fourth-order valence-electron chi connectivity index (χ4n) is 4.02. The maximum atomic E-state index is 5.39. The van der Waals surface area contributed by atoms with Crippen molar-refractivity contribution < 1.29 is 29.0 Å². The molecule has 37 heavy (non-hydrogen) atoms. The number of hydrogen-bond donors (Lipinski definition) is 0. The molecule has 0 saturated carbocycles. The third-order valence-electron chi connectivity index (χ3n) is 5.82. The van der Waals surface area contributed by atoms with Gasteiger partial charge in [0.2, 0.25) is 0 Å². The van der Waals surface area contributed by atoms with Crippen LogP contribution in [-0.4, -0.2) is 10.3 Å². The first kappa shape index (κ1) is 30.0. The van der Waals surface area contributed by atoms with Crippen molar-refractivity contribution >= 4 is 24.8 Å². The van der Waals surface area contributed by atoms with Gasteiger partial charge < -0.3 is 19.6 Å². The van der Waals surface area contributed by atoms with Crippen LogP contribution in [0.15, 0.2) is 127 Å². The molecule has 0 bridgehead atoms. The Morgan fingerprint density at radius 3 is 1.84 bits per heavy atom. The van der Waals surface area contributed by atoms with E-state index < -0.39 is 0 Å². The first-order valence-corrected chi connectivity index (χ1v) is 12.9. The number of fused-ring (bicyclic) bond motifs is 3. The van der Waals surface area contributed by atoms with Gasteiger partial charge in [-0.05, 0) is 6.07 Å². The van der Waals surface area contributed by atoms with Crippen LogP contribution in [0, 0.1) is 20.9 Å². The van der Waals surface area contributed by atoms with Crippen LogP contribution in [0.4, 0.5) is 0 Å². The van der Waals surface area contributed by atoms with Crippen molar-refractivity contribution in [2.24, 2.45) is 0 Å². The molecule has 1 aliphatic rings. The van der Waals surface area contributed by atoms with Crippen LogP contribution >= 0.6 is 0 Å². The zero-order valence-corrected chi connectivity index (χ0v) is 24.6. The molecule has 1 aliphatic carbocycles.